The van der Waals surface area contributed by atoms with Gasteiger partial charge in [0.15, 0.2) is 0 Å². The van der Waals surface area contributed by atoms with Gasteiger partial charge in [-0.2, -0.15) is 0 Å². The minimum Gasteiger partial charge on any atom is -0.100 e. The molecule has 2 aromatic carbocycles. The van der Waals surface area contributed by atoms with Gasteiger partial charge in [-0.1, -0.05) is 66.7 Å². The van der Waals surface area contributed by atoms with Gasteiger partial charge in [0, 0.05) is 0 Å². The fraction of sp³-hybridized carbons (Fsp3) is 0.111. The smallest absolute Gasteiger partial charge is 0.100 e. The summed E-state index contributed by atoms with van der Waals surface area (Å²) in [5.41, 5.74) is 6.05. The molecule has 2 radical (unpaired) electrons. The van der Waals surface area contributed by atoms with Crippen molar-refractivity contribution in [1.29, 1.82) is 0 Å². The molecule has 0 saturated heterocycles. The monoisotopic (exact) mass is 242 g/mol. The molecular formula is C18H15B. The van der Waals surface area contributed by atoms with E-state index in [4.69, 9.17) is 7.85 Å². The summed E-state index contributed by atoms with van der Waals surface area (Å²) in [6, 6.07) is 19.1. The lowest BCUT2D eigenvalue weighted by Crippen LogP contribution is -1.95. The average Bonchev–Trinajstić information content (AvgIpc) is 2.48. The number of hydrogen-bond acceptors (Lipinski definition) is 0. The summed E-state index contributed by atoms with van der Waals surface area (Å²) in [4.78, 5) is 0. The molecule has 0 unspecified atom stereocenters. The predicted molar refractivity (Wildman–Crippen MR) is 82.9 cm³/mol. The number of rotatable bonds is 2. The third-order valence-corrected chi connectivity index (χ3v) is 3.49. The van der Waals surface area contributed by atoms with Crippen LogP contribution in [0.3, 0.4) is 0 Å². The molecule has 0 bridgehead atoms. The Labute approximate surface area is 115 Å². The van der Waals surface area contributed by atoms with Crippen molar-refractivity contribution in [2.75, 3.05) is 0 Å². The fourth-order valence-corrected chi connectivity index (χ4v) is 2.57. The highest BCUT2D eigenvalue weighted by Gasteiger charge is 2.10. The summed E-state index contributed by atoms with van der Waals surface area (Å²) < 4.78 is 0. The molecule has 1 aliphatic rings. The first-order valence-corrected chi connectivity index (χ1v) is 6.65. The summed E-state index contributed by atoms with van der Waals surface area (Å²) in [6.45, 7) is 0. The molecular weight excluding hydrogens is 227 g/mol. The van der Waals surface area contributed by atoms with Crippen LogP contribution in [0.4, 0.5) is 0 Å². The van der Waals surface area contributed by atoms with Gasteiger partial charge in [0.25, 0.3) is 0 Å². The van der Waals surface area contributed by atoms with E-state index < -0.39 is 0 Å². The topological polar surface area (TPSA) is 0 Å². The molecule has 0 amide bonds. The lowest BCUT2D eigenvalue weighted by molar-refractivity contribution is 1.05. The first-order chi connectivity index (χ1) is 9.34. The van der Waals surface area contributed by atoms with Gasteiger partial charge in [0.05, 0.1) is 0 Å². The van der Waals surface area contributed by atoms with Gasteiger partial charge >= 0.3 is 0 Å². The first kappa shape index (κ1) is 12.0. The molecule has 0 N–H and O–H groups in total. The van der Waals surface area contributed by atoms with Gasteiger partial charge in [-0.3, -0.25) is 0 Å². The lowest BCUT2D eigenvalue weighted by Gasteiger charge is -2.16. The Morgan fingerprint density at radius 1 is 0.789 bits per heavy atom. The van der Waals surface area contributed by atoms with Crippen LogP contribution in [0.15, 0.2) is 72.2 Å². The Bertz CT molecular complexity index is 636. The van der Waals surface area contributed by atoms with E-state index in [1.54, 1.807) is 0 Å². The van der Waals surface area contributed by atoms with Crippen molar-refractivity contribution in [3.8, 4) is 11.1 Å². The van der Waals surface area contributed by atoms with Crippen molar-refractivity contribution in [3.05, 3.63) is 77.8 Å². The Balaban J connectivity index is 2.11. The quantitative estimate of drug-likeness (QED) is 0.676. The second-order valence-electron chi connectivity index (χ2n) is 4.82. The van der Waals surface area contributed by atoms with E-state index in [9.17, 15) is 0 Å². The lowest BCUT2D eigenvalue weighted by atomic mass is 9.83. The molecule has 0 fully saturated rings. The molecule has 0 spiro atoms. The van der Waals surface area contributed by atoms with E-state index in [2.05, 4.69) is 60.7 Å². The third kappa shape index (κ3) is 2.55. The third-order valence-electron chi connectivity index (χ3n) is 3.49. The number of hydrogen-bond donors (Lipinski definition) is 0. The van der Waals surface area contributed by atoms with E-state index in [0.717, 1.165) is 18.3 Å². The molecule has 0 aromatic heterocycles. The zero-order valence-corrected chi connectivity index (χ0v) is 10.8. The van der Waals surface area contributed by atoms with Crippen LogP contribution in [-0.4, -0.2) is 7.85 Å². The van der Waals surface area contributed by atoms with Gasteiger partial charge in [-0.25, -0.2) is 0 Å². The van der Waals surface area contributed by atoms with Gasteiger partial charge in [-0.05, 0) is 35.1 Å². The Morgan fingerprint density at radius 3 is 2.21 bits per heavy atom. The molecule has 0 atom stereocenters. The Kier molecular flexibility index (Phi) is 3.37. The van der Waals surface area contributed by atoms with Gasteiger partial charge < -0.3 is 0 Å². The molecule has 19 heavy (non-hydrogen) atoms. The molecule has 2 aromatic rings. The van der Waals surface area contributed by atoms with Crippen LogP contribution in [0.2, 0.25) is 0 Å². The van der Waals surface area contributed by atoms with Crippen LogP contribution in [0, 0.1) is 0 Å². The van der Waals surface area contributed by atoms with Crippen molar-refractivity contribution in [1.82, 2.24) is 0 Å². The van der Waals surface area contributed by atoms with Gasteiger partial charge in [0.2, 0.25) is 0 Å². The molecule has 0 aliphatic heterocycles. The van der Waals surface area contributed by atoms with Gasteiger partial charge in [-0.15, -0.1) is 5.47 Å². The summed E-state index contributed by atoms with van der Waals surface area (Å²) >= 11 is 0. The Morgan fingerprint density at radius 2 is 1.47 bits per heavy atom. The minimum absolute atomic E-state index is 0.879. The molecule has 0 saturated carbocycles. The minimum atomic E-state index is 0.879. The molecule has 0 heterocycles. The fourth-order valence-electron chi connectivity index (χ4n) is 2.57. The largest absolute Gasteiger partial charge is 0.113 e. The molecule has 1 aliphatic carbocycles. The second kappa shape index (κ2) is 5.32. The summed E-state index contributed by atoms with van der Waals surface area (Å²) in [6.07, 6.45) is 6.28. The molecule has 1 heteroatoms. The van der Waals surface area contributed by atoms with E-state index in [-0.39, 0.29) is 0 Å². The maximum Gasteiger partial charge on any atom is 0.113 e. The maximum atomic E-state index is 5.94. The predicted octanol–water partition coefficient (Wildman–Crippen LogP) is 4.58. The van der Waals surface area contributed by atoms with Crippen LogP contribution in [0.5, 0.6) is 0 Å². The second-order valence-corrected chi connectivity index (χ2v) is 4.82. The summed E-state index contributed by atoms with van der Waals surface area (Å²) in [5.74, 6) is 0. The number of benzene rings is 2. The van der Waals surface area contributed by atoms with Crippen molar-refractivity contribution in [2.24, 2.45) is 0 Å². The summed E-state index contributed by atoms with van der Waals surface area (Å²) in [7, 11) is 5.94. The van der Waals surface area contributed by atoms with E-state index in [0.29, 0.717) is 0 Å². The maximum absolute atomic E-state index is 5.94. The first-order valence-electron chi connectivity index (χ1n) is 6.65. The van der Waals surface area contributed by atoms with E-state index >= 15 is 0 Å². The van der Waals surface area contributed by atoms with Gasteiger partial charge in [0.1, 0.15) is 7.85 Å². The van der Waals surface area contributed by atoms with E-state index in [1.807, 2.05) is 6.07 Å². The zero-order valence-electron chi connectivity index (χ0n) is 10.8. The molecule has 3 rings (SSSR count). The van der Waals surface area contributed by atoms with Crippen molar-refractivity contribution in [3.63, 3.8) is 0 Å². The standard InChI is InChI=1S/C18H15B/c19-16-10-6-9-15(13-16)18-12-5-4-11-17(18)14-7-2-1-3-8-14/h1-5,7-8,10-13H,6,9H2. The summed E-state index contributed by atoms with van der Waals surface area (Å²) in [5, 5.41) is 0. The highest BCUT2D eigenvalue weighted by atomic mass is 14.1. The van der Waals surface area contributed by atoms with Crippen LogP contribution in [-0.2, 0) is 0 Å². The van der Waals surface area contributed by atoms with Crippen LogP contribution in [0.1, 0.15) is 18.4 Å². The highest BCUT2D eigenvalue weighted by Crippen LogP contribution is 2.33. The van der Waals surface area contributed by atoms with E-state index in [1.165, 1.54) is 22.3 Å². The normalized spacial score (nSPS) is 14.7. The SMILES string of the molecule is [B]C1=CCCC(c2ccccc2-c2ccccc2)=C1. The van der Waals surface area contributed by atoms with Crippen molar-refractivity contribution >= 4 is 13.4 Å². The molecule has 90 valence electrons. The average molecular weight is 242 g/mol. The molecule has 0 nitrogen and oxygen atoms in total. The van der Waals surface area contributed by atoms with Crippen LogP contribution >= 0.6 is 0 Å². The van der Waals surface area contributed by atoms with Crippen LogP contribution in [0.25, 0.3) is 16.7 Å². The number of allylic oxidation sites excluding steroid dienone is 4. The highest BCUT2D eigenvalue weighted by molar-refractivity contribution is 6.24. The zero-order chi connectivity index (χ0) is 13.1. The van der Waals surface area contributed by atoms with Crippen molar-refractivity contribution in [2.45, 2.75) is 12.8 Å². The Hall–Kier alpha value is -2.02. The van der Waals surface area contributed by atoms with Crippen LogP contribution < -0.4 is 0 Å². The van der Waals surface area contributed by atoms with Crippen molar-refractivity contribution < 1.29 is 0 Å².